The summed E-state index contributed by atoms with van der Waals surface area (Å²) in [6, 6.07) is 0.741. The minimum atomic E-state index is 0.0475. The Morgan fingerprint density at radius 2 is 2.11 bits per heavy atom. The van der Waals surface area contributed by atoms with Gasteiger partial charge in [0.25, 0.3) is 0 Å². The molecule has 0 amide bonds. The summed E-state index contributed by atoms with van der Waals surface area (Å²) >= 11 is 1.66. The van der Waals surface area contributed by atoms with Gasteiger partial charge >= 0.3 is 0 Å². The molecule has 1 unspecified atom stereocenters. The van der Waals surface area contributed by atoms with Gasteiger partial charge in [0.2, 0.25) is 0 Å². The largest absolute Gasteiger partial charge is 0.375 e. The van der Waals surface area contributed by atoms with Gasteiger partial charge < -0.3 is 19.9 Å². The summed E-state index contributed by atoms with van der Waals surface area (Å²) in [5.41, 5.74) is 1.06. The van der Waals surface area contributed by atoms with E-state index in [0.717, 1.165) is 48.9 Å². The molecule has 0 aliphatic heterocycles. The highest BCUT2D eigenvalue weighted by Crippen LogP contribution is 2.22. The number of rotatable bonds is 9. The van der Waals surface area contributed by atoms with Crippen molar-refractivity contribution in [3.05, 3.63) is 16.1 Å². The second-order valence-corrected chi connectivity index (χ2v) is 8.31. The van der Waals surface area contributed by atoms with Crippen molar-refractivity contribution in [1.29, 1.82) is 0 Å². The molecule has 0 saturated heterocycles. The minimum Gasteiger partial charge on any atom is -0.375 e. The fourth-order valence-electron chi connectivity index (χ4n) is 3.49. The standard InChI is InChI=1S/C20H37N5OS/c1-6-21-20(22-12-13-24(3)18-10-8-7-9-11-18)25(4)14-17-15-27-19(23-17)16(2)26-5/h15-16,18H,6-14H2,1-5H3,(H,21,22). The number of likely N-dealkylation sites (N-methyl/N-ethyl adjacent to an activating group) is 1. The van der Waals surface area contributed by atoms with Gasteiger partial charge in [-0.3, -0.25) is 4.99 Å². The van der Waals surface area contributed by atoms with E-state index in [0.29, 0.717) is 0 Å². The molecule has 1 N–H and O–H groups in total. The molecule has 1 aromatic heterocycles. The minimum absolute atomic E-state index is 0.0475. The number of guanidine groups is 1. The van der Waals surface area contributed by atoms with Crippen molar-refractivity contribution in [2.75, 3.05) is 40.8 Å². The Morgan fingerprint density at radius 1 is 1.37 bits per heavy atom. The second kappa shape index (κ2) is 11.6. The quantitative estimate of drug-likeness (QED) is 0.512. The topological polar surface area (TPSA) is 53.0 Å². The van der Waals surface area contributed by atoms with Crippen LogP contribution in [0, 0.1) is 0 Å². The summed E-state index contributed by atoms with van der Waals surface area (Å²) in [4.78, 5) is 14.2. The Morgan fingerprint density at radius 3 is 2.78 bits per heavy atom. The molecule has 1 aliphatic carbocycles. The van der Waals surface area contributed by atoms with Gasteiger partial charge in [0.15, 0.2) is 5.96 Å². The lowest BCUT2D eigenvalue weighted by molar-refractivity contribution is 0.119. The van der Waals surface area contributed by atoms with Gasteiger partial charge in [0.05, 0.1) is 18.8 Å². The van der Waals surface area contributed by atoms with Crippen LogP contribution in [-0.4, -0.2) is 67.6 Å². The summed E-state index contributed by atoms with van der Waals surface area (Å²) in [5, 5.41) is 6.54. The third-order valence-electron chi connectivity index (χ3n) is 5.28. The number of nitrogens with zero attached hydrogens (tertiary/aromatic N) is 4. The van der Waals surface area contributed by atoms with E-state index in [4.69, 9.17) is 14.7 Å². The van der Waals surface area contributed by atoms with E-state index in [1.54, 1.807) is 18.4 Å². The van der Waals surface area contributed by atoms with Crippen molar-refractivity contribution < 1.29 is 4.74 Å². The lowest BCUT2D eigenvalue weighted by Gasteiger charge is -2.30. The third kappa shape index (κ3) is 7.05. The zero-order chi connectivity index (χ0) is 19.6. The highest BCUT2D eigenvalue weighted by Gasteiger charge is 2.17. The van der Waals surface area contributed by atoms with Gasteiger partial charge in [-0.1, -0.05) is 19.3 Å². The molecule has 6 nitrogen and oxygen atoms in total. The molecule has 2 rings (SSSR count). The fraction of sp³-hybridized carbons (Fsp3) is 0.800. The molecule has 1 heterocycles. The van der Waals surface area contributed by atoms with E-state index in [1.165, 1.54) is 32.1 Å². The molecule has 1 atom stereocenters. The van der Waals surface area contributed by atoms with Crippen molar-refractivity contribution in [1.82, 2.24) is 20.1 Å². The summed E-state index contributed by atoms with van der Waals surface area (Å²) < 4.78 is 5.36. The molecule has 0 bridgehead atoms. The van der Waals surface area contributed by atoms with Gasteiger partial charge in [-0.15, -0.1) is 11.3 Å². The summed E-state index contributed by atoms with van der Waals surface area (Å²) in [6.45, 7) is 7.59. The van der Waals surface area contributed by atoms with Crippen molar-refractivity contribution >= 4 is 17.3 Å². The third-order valence-corrected chi connectivity index (χ3v) is 6.33. The van der Waals surface area contributed by atoms with E-state index in [1.807, 2.05) is 6.92 Å². The van der Waals surface area contributed by atoms with Crippen LogP contribution in [0.1, 0.15) is 62.8 Å². The average Bonchev–Trinajstić information content (AvgIpc) is 3.15. The van der Waals surface area contributed by atoms with Crippen LogP contribution in [0.25, 0.3) is 0 Å². The van der Waals surface area contributed by atoms with Crippen LogP contribution in [0.2, 0.25) is 0 Å². The van der Waals surface area contributed by atoms with Crippen molar-refractivity contribution in [3.63, 3.8) is 0 Å². The Labute approximate surface area is 169 Å². The molecule has 1 aliphatic rings. The smallest absolute Gasteiger partial charge is 0.194 e. The molecule has 27 heavy (non-hydrogen) atoms. The molecular formula is C20H37N5OS. The maximum atomic E-state index is 5.36. The molecule has 0 radical (unpaired) electrons. The van der Waals surface area contributed by atoms with Crippen molar-refractivity contribution in [2.24, 2.45) is 4.99 Å². The summed E-state index contributed by atoms with van der Waals surface area (Å²) in [6.07, 6.45) is 6.88. The second-order valence-electron chi connectivity index (χ2n) is 7.42. The molecule has 0 aromatic carbocycles. The first-order valence-electron chi connectivity index (χ1n) is 10.2. The van der Waals surface area contributed by atoms with Crippen molar-refractivity contribution in [2.45, 2.75) is 64.6 Å². The average molecular weight is 396 g/mol. The number of ether oxygens (including phenoxy) is 1. The number of hydrogen-bond acceptors (Lipinski definition) is 5. The van der Waals surface area contributed by atoms with Crippen LogP contribution in [0.5, 0.6) is 0 Å². The van der Waals surface area contributed by atoms with Gasteiger partial charge in [0, 0.05) is 38.7 Å². The highest BCUT2D eigenvalue weighted by molar-refractivity contribution is 7.09. The van der Waals surface area contributed by atoms with E-state index in [2.05, 4.69) is 41.5 Å². The number of aliphatic imine (C=N–C) groups is 1. The highest BCUT2D eigenvalue weighted by atomic mass is 32.1. The lowest BCUT2D eigenvalue weighted by Crippen LogP contribution is -2.40. The summed E-state index contributed by atoms with van der Waals surface area (Å²) in [5.74, 6) is 0.948. The predicted octanol–water partition coefficient (Wildman–Crippen LogP) is 3.51. The maximum absolute atomic E-state index is 5.36. The van der Waals surface area contributed by atoms with E-state index in [9.17, 15) is 0 Å². The monoisotopic (exact) mass is 395 g/mol. The number of nitrogens with one attached hydrogen (secondary N) is 1. The fourth-order valence-corrected chi connectivity index (χ4v) is 4.33. The first kappa shape index (κ1) is 22.1. The maximum Gasteiger partial charge on any atom is 0.194 e. The van der Waals surface area contributed by atoms with E-state index < -0.39 is 0 Å². The van der Waals surface area contributed by atoms with Crippen LogP contribution in [0.4, 0.5) is 0 Å². The van der Waals surface area contributed by atoms with Gasteiger partial charge in [0.1, 0.15) is 11.1 Å². The van der Waals surface area contributed by atoms with Crippen molar-refractivity contribution in [3.8, 4) is 0 Å². The predicted molar refractivity (Wildman–Crippen MR) is 114 cm³/mol. The number of thiazole rings is 1. The SMILES string of the molecule is CCNC(=NCCN(C)C1CCCCC1)N(C)Cc1csc(C(C)OC)n1. The normalized spacial score (nSPS) is 17.3. The van der Waals surface area contributed by atoms with Gasteiger partial charge in [-0.05, 0) is 33.7 Å². The van der Waals surface area contributed by atoms with Crippen LogP contribution >= 0.6 is 11.3 Å². The molecule has 1 aromatic rings. The molecule has 1 fully saturated rings. The number of hydrogen-bond donors (Lipinski definition) is 1. The Kier molecular flexibility index (Phi) is 9.51. The Bertz CT molecular complexity index is 570. The zero-order valence-corrected chi connectivity index (χ0v) is 18.5. The number of methoxy groups -OCH3 is 1. The Hall–Kier alpha value is -1.18. The molecule has 1 saturated carbocycles. The molecular weight excluding hydrogens is 358 g/mol. The van der Waals surface area contributed by atoms with E-state index in [-0.39, 0.29) is 6.10 Å². The van der Waals surface area contributed by atoms with Crippen LogP contribution in [-0.2, 0) is 11.3 Å². The van der Waals surface area contributed by atoms with Crippen LogP contribution in [0.3, 0.4) is 0 Å². The van der Waals surface area contributed by atoms with Gasteiger partial charge in [-0.2, -0.15) is 0 Å². The lowest BCUT2D eigenvalue weighted by atomic mass is 9.94. The zero-order valence-electron chi connectivity index (χ0n) is 17.7. The Balaban J connectivity index is 1.88. The molecule has 7 heteroatoms. The first-order chi connectivity index (χ1) is 13.0. The van der Waals surface area contributed by atoms with E-state index >= 15 is 0 Å². The summed E-state index contributed by atoms with van der Waals surface area (Å²) in [7, 11) is 6.04. The van der Waals surface area contributed by atoms with Crippen LogP contribution < -0.4 is 5.32 Å². The van der Waals surface area contributed by atoms with Gasteiger partial charge in [-0.25, -0.2) is 4.98 Å². The van der Waals surface area contributed by atoms with Crippen LogP contribution in [0.15, 0.2) is 10.4 Å². The number of aromatic nitrogens is 1. The first-order valence-corrected chi connectivity index (χ1v) is 11.1. The molecule has 154 valence electrons. The molecule has 0 spiro atoms.